The number of nitrogens with one attached hydrogen (secondary N) is 1. The summed E-state index contributed by atoms with van der Waals surface area (Å²) >= 11 is 0. The Kier molecular flexibility index (Phi) is 7.61. The van der Waals surface area contributed by atoms with Crippen LogP contribution in [0.25, 0.3) is 16.8 Å². The third-order valence-corrected chi connectivity index (χ3v) is 7.37. The van der Waals surface area contributed by atoms with Gasteiger partial charge in [-0.25, -0.2) is 17.3 Å². The summed E-state index contributed by atoms with van der Waals surface area (Å²) in [5, 5.41) is 7.64. The van der Waals surface area contributed by atoms with E-state index in [9.17, 15) is 17.6 Å². The van der Waals surface area contributed by atoms with Gasteiger partial charge >= 0.3 is 0 Å². The number of pyridine rings is 1. The summed E-state index contributed by atoms with van der Waals surface area (Å²) in [5.74, 6) is 0.462. The fourth-order valence-corrected chi connectivity index (χ4v) is 4.91. The molecule has 3 aromatic carbocycles. The standard InChI is InChI=1S/C30H27FN4O4S/c1-3-39-28-18-26(40(2,37)38)13-14-27(28)32-30-33-29-15-10-23(19-35(29)34-30)22-8-4-20(5-9-22)16-25(36)17-21-6-11-24(31)12-7-21/h4-15,18-19H,3,16-17H2,1-2H3,(H,32,34). The summed E-state index contributed by atoms with van der Waals surface area (Å²) in [7, 11) is -3.38. The number of fused-ring (bicyclic) bond motifs is 1. The molecule has 2 aromatic heterocycles. The Morgan fingerprint density at radius 3 is 2.23 bits per heavy atom. The summed E-state index contributed by atoms with van der Waals surface area (Å²) in [6.07, 6.45) is 3.56. The Balaban J connectivity index is 1.30. The van der Waals surface area contributed by atoms with E-state index in [1.54, 1.807) is 22.7 Å². The van der Waals surface area contributed by atoms with Crippen molar-refractivity contribution in [2.24, 2.45) is 0 Å². The average molecular weight is 559 g/mol. The minimum Gasteiger partial charge on any atom is -0.492 e. The van der Waals surface area contributed by atoms with Crippen LogP contribution in [-0.2, 0) is 27.5 Å². The molecule has 0 saturated carbocycles. The number of anilines is 2. The Morgan fingerprint density at radius 2 is 1.57 bits per heavy atom. The normalized spacial score (nSPS) is 11.5. The van der Waals surface area contributed by atoms with E-state index in [1.807, 2.05) is 49.5 Å². The lowest BCUT2D eigenvalue weighted by Gasteiger charge is -2.11. The van der Waals surface area contributed by atoms with Gasteiger partial charge in [0.05, 0.1) is 17.2 Å². The number of benzene rings is 3. The second-order valence-corrected chi connectivity index (χ2v) is 11.4. The first kappa shape index (κ1) is 27.0. The molecule has 5 rings (SSSR count). The second-order valence-electron chi connectivity index (χ2n) is 9.36. The zero-order valence-electron chi connectivity index (χ0n) is 22.0. The zero-order valence-corrected chi connectivity index (χ0v) is 22.8. The van der Waals surface area contributed by atoms with Crippen LogP contribution in [-0.4, -0.2) is 41.7 Å². The second kappa shape index (κ2) is 11.3. The molecule has 1 N–H and O–H groups in total. The molecule has 0 bridgehead atoms. The molecule has 0 unspecified atom stereocenters. The molecule has 0 aliphatic rings. The van der Waals surface area contributed by atoms with Gasteiger partial charge in [0.25, 0.3) is 0 Å². The number of hydrogen-bond donors (Lipinski definition) is 1. The maximum Gasteiger partial charge on any atom is 0.247 e. The minimum atomic E-state index is -3.38. The summed E-state index contributed by atoms with van der Waals surface area (Å²) in [4.78, 5) is 17.1. The number of carbonyl (C=O) groups excluding carboxylic acids is 1. The van der Waals surface area contributed by atoms with Crippen molar-refractivity contribution in [2.45, 2.75) is 24.7 Å². The molecule has 40 heavy (non-hydrogen) atoms. The highest BCUT2D eigenvalue weighted by Crippen LogP contribution is 2.30. The van der Waals surface area contributed by atoms with Crippen molar-refractivity contribution < 1.29 is 22.3 Å². The van der Waals surface area contributed by atoms with E-state index in [1.165, 1.54) is 24.3 Å². The van der Waals surface area contributed by atoms with E-state index in [-0.39, 0.29) is 22.9 Å². The molecule has 0 amide bonds. The molecule has 0 aliphatic carbocycles. The van der Waals surface area contributed by atoms with Gasteiger partial charge in [0.1, 0.15) is 17.3 Å². The quantitative estimate of drug-likeness (QED) is 0.244. The topological polar surface area (TPSA) is 103 Å². The van der Waals surface area contributed by atoms with Crippen LogP contribution < -0.4 is 10.1 Å². The first-order valence-corrected chi connectivity index (χ1v) is 14.5. The van der Waals surface area contributed by atoms with Gasteiger partial charge in [0.15, 0.2) is 15.5 Å². The largest absolute Gasteiger partial charge is 0.492 e. The van der Waals surface area contributed by atoms with Crippen molar-refractivity contribution in [3.8, 4) is 16.9 Å². The summed E-state index contributed by atoms with van der Waals surface area (Å²) in [6, 6.07) is 22.1. The number of carbonyl (C=O) groups is 1. The number of ether oxygens (including phenoxy) is 1. The van der Waals surface area contributed by atoms with Gasteiger partial charge in [-0.2, -0.15) is 4.98 Å². The molecule has 2 heterocycles. The van der Waals surface area contributed by atoms with E-state index < -0.39 is 9.84 Å². The highest BCUT2D eigenvalue weighted by atomic mass is 32.2. The van der Waals surface area contributed by atoms with Crippen LogP contribution in [0.15, 0.2) is 90.0 Å². The number of Topliss-reactive ketones (excluding diaryl/α,β-unsaturated/α-hetero) is 1. The van der Waals surface area contributed by atoms with Gasteiger partial charge in [-0.05, 0) is 60.0 Å². The summed E-state index contributed by atoms with van der Waals surface area (Å²) < 4.78 is 44.3. The lowest BCUT2D eigenvalue weighted by molar-refractivity contribution is -0.117. The van der Waals surface area contributed by atoms with E-state index in [0.717, 1.165) is 28.5 Å². The third-order valence-electron chi connectivity index (χ3n) is 6.26. The van der Waals surface area contributed by atoms with Crippen molar-refractivity contribution in [2.75, 3.05) is 18.2 Å². The number of sulfone groups is 1. The number of aromatic nitrogens is 3. The van der Waals surface area contributed by atoms with Crippen molar-refractivity contribution in [3.63, 3.8) is 0 Å². The molecule has 0 saturated heterocycles. The Labute approximate surface area is 231 Å². The first-order chi connectivity index (χ1) is 19.2. The number of hydrogen-bond acceptors (Lipinski definition) is 7. The van der Waals surface area contributed by atoms with Crippen LogP contribution in [0.1, 0.15) is 18.1 Å². The fourth-order valence-electron chi connectivity index (χ4n) is 4.27. The number of halogens is 1. The van der Waals surface area contributed by atoms with Gasteiger partial charge < -0.3 is 10.1 Å². The van der Waals surface area contributed by atoms with Gasteiger partial charge in [-0.15, -0.1) is 5.10 Å². The van der Waals surface area contributed by atoms with Crippen molar-refractivity contribution >= 4 is 32.9 Å². The molecule has 0 radical (unpaired) electrons. The molecular formula is C30H27FN4O4S. The molecule has 0 aliphatic heterocycles. The Hall–Kier alpha value is -4.57. The van der Waals surface area contributed by atoms with E-state index >= 15 is 0 Å². The van der Waals surface area contributed by atoms with Crippen molar-refractivity contribution in [3.05, 3.63) is 102 Å². The minimum absolute atomic E-state index is 0.0573. The lowest BCUT2D eigenvalue weighted by atomic mass is 10.0. The molecule has 8 nitrogen and oxygen atoms in total. The van der Waals surface area contributed by atoms with Crippen LogP contribution in [0.5, 0.6) is 5.75 Å². The highest BCUT2D eigenvalue weighted by Gasteiger charge is 2.14. The van der Waals surface area contributed by atoms with Crippen LogP contribution in [0.4, 0.5) is 16.0 Å². The van der Waals surface area contributed by atoms with Crippen LogP contribution in [0.3, 0.4) is 0 Å². The van der Waals surface area contributed by atoms with E-state index in [0.29, 0.717) is 36.1 Å². The summed E-state index contributed by atoms with van der Waals surface area (Å²) in [5.41, 5.74) is 4.74. The average Bonchev–Trinajstić information content (AvgIpc) is 3.32. The van der Waals surface area contributed by atoms with E-state index in [2.05, 4.69) is 15.4 Å². The van der Waals surface area contributed by atoms with Crippen LogP contribution in [0.2, 0.25) is 0 Å². The molecule has 10 heteroatoms. The fraction of sp³-hybridized carbons (Fsp3) is 0.167. The predicted octanol–water partition coefficient (Wildman–Crippen LogP) is 5.44. The van der Waals surface area contributed by atoms with Gasteiger partial charge in [-0.1, -0.05) is 36.4 Å². The molecule has 0 fully saturated rings. The molecule has 0 atom stereocenters. The maximum absolute atomic E-state index is 13.1. The number of ketones is 1. The van der Waals surface area contributed by atoms with Gasteiger partial charge in [0.2, 0.25) is 5.95 Å². The maximum atomic E-state index is 13.1. The smallest absolute Gasteiger partial charge is 0.247 e. The molecule has 5 aromatic rings. The van der Waals surface area contributed by atoms with Crippen LogP contribution >= 0.6 is 0 Å². The number of nitrogens with zero attached hydrogens (tertiary/aromatic N) is 3. The Morgan fingerprint density at radius 1 is 0.925 bits per heavy atom. The first-order valence-electron chi connectivity index (χ1n) is 12.6. The third kappa shape index (κ3) is 6.35. The highest BCUT2D eigenvalue weighted by molar-refractivity contribution is 7.90. The number of rotatable bonds is 10. The van der Waals surface area contributed by atoms with Crippen molar-refractivity contribution in [1.82, 2.24) is 14.6 Å². The zero-order chi connectivity index (χ0) is 28.3. The molecular weight excluding hydrogens is 531 g/mol. The van der Waals surface area contributed by atoms with Gasteiger partial charge in [-0.3, -0.25) is 4.79 Å². The SMILES string of the molecule is CCOc1cc(S(C)(=O)=O)ccc1Nc1nc2ccc(-c3ccc(CC(=O)Cc4ccc(F)cc4)cc3)cn2n1. The Bertz CT molecular complexity index is 1780. The van der Waals surface area contributed by atoms with Crippen molar-refractivity contribution in [1.29, 1.82) is 0 Å². The molecule has 204 valence electrons. The molecule has 0 spiro atoms. The predicted molar refractivity (Wildman–Crippen MR) is 151 cm³/mol. The van der Waals surface area contributed by atoms with E-state index in [4.69, 9.17) is 4.74 Å². The summed E-state index contributed by atoms with van der Waals surface area (Å²) in [6.45, 7) is 2.19. The van der Waals surface area contributed by atoms with Crippen LogP contribution in [0, 0.1) is 5.82 Å². The monoisotopic (exact) mass is 558 g/mol. The van der Waals surface area contributed by atoms with Gasteiger partial charge in [0, 0.05) is 36.9 Å². The lowest BCUT2D eigenvalue weighted by Crippen LogP contribution is -2.06.